The zero-order valence-electron chi connectivity index (χ0n) is 16.3. The van der Waals surface area contributed by atoms with Crippen LogP contribution in [0.5, 0.6) is 0 Å². The third-order valence-corrected chi connectivity index (χ3v) is 6.35. The lowest BCUT2D eigenvalue weighted by Gasteiger charge is -2.30. The molecule has 1 amide bonds. The summed E-state index contributed by atoms with van der Waals surface area (Å²) in [7, 11) is 0. The first-order valence-corrected chi connectivity index (χ1v) is 9.98. The molecule has 1 saturated carbocycles. The summed E-state index contributed by atoms with van der Waals surface area (Å²) in [5, 5.41) is 4.21. The van der Waals surface area contributed by atoms with Crippen LogP contribution < -0.4 is 5.32 Å². The van der Waals surface area contributed by atoms with Gasteiger partial charge in [0, 0.05) is 29.5 Å². The fourth-order valence-corrected chi connectivity index (χ4v) is 4.20. The highest BCUT2D eigenvalue weighted by Gasteiger charge is 2.44. The van der Waals surface area contributed by atoms with Gasteiger partial charge in [0.25, 0.3) is 5.91 Å². The predicted molar refractivity (Wildman–Crippen MR) is 105 cm³/mol. The van der Waals surface area contributed by atoms with Gasteiger partial charge >= 0.3 is 0 Å². The molecule has 4 heteroatoms. The minimum absolute atomic E-state index is 0.0704. The molecule has 1 N–H and O–H groups in total. The number of nitrogens with one attached hydrogen (secondary N) is 1. The van der Waals surface area contributed by atoms with Crippen molar-refractivity contribution in [2.45, 2.75) is 52.9 Å². The molecule has 2 heterocycles. The molecule has 1 aliphatic carbocycles. The number of hydrogen-bond donors (Lipinski definition) is 1. The number of rotatable bonds is 5. The van der Waals surface area contributed by atoms with Crippen molar-refractivity contribution in [3.63, 3.8) is 0 Å². The second-order valence-electron chi connectivity index (χ2n) is 8.51. The summed E-state index contributed by atoms with van der Waals surface area (Å²) in [6.45, 7) is 10.5. The normalized spacial score (nSPS) is 19.7. The third-order valence-electron chi connectivity index (χ3n) is 6.35. The molecule has 0 unspecified atom stereocenters. The third kappa shape index (κ3) is 3.39. The van der Waals surface area contributed by atoms with Crippen molar-refractivity contribution in [3.05, 3.63) is 34.6 Å². The van der Waals surface area contributed by atoms with Crippen LogP contribution in [-0.2, 0) is 0 Å². The summed E-state index contributed by atoms with van der Waals surface area (Å²) in [4.78, 5) is 15.3. The summed E-state index contributed by atoms with van der Waals surface area (Å²) in [5.74, 6) is 0.401. The second kappa shape index (κ2) is 6.73. The van der Waals surface area contributed by atoms with Crippen LogP contribution in [0.1, 0.15) is 59.3 Å². The number of furan rings is 1. The lowest BCUT2D eigenvalue weighted by Crippen LogP contribution is -2.40. The average molecular weight is 354 g/mol. The largest absolute Gasteiger partial charge is 0.451 e. The molecule has 2 aromatic rings. The fourth-order valence-electron chi connectivity index (χ4n) is 4.20. The van der Waals surface area contributed by atoms with E-state index in [1.807, 2.05) is 13.0 Å². The number of piperidine rings is 1. The maximum atomic E-state index is 12.8. The number of benzene rings is 1. The smallest absolute Gasteiger partial charge is 0.287 e. The van der Waals surface area contributed by atoms with Crippen molar-refractivity contribution >= 4 is 16.9 Å². The Morgan fingerprint density at radius 3 is 2.50 bits per heavy atom. The van der Waals surface area contributed by atoms with Crippen LogP contribution in [0.25, 0.3) is 11.0 Å². The molecule has 1 aliphatic heterocycles. The van der Waals surface area contributed by atoms with Crippen LogP contribution in [-0.4, -0.2) is 37.0 Å². The van der Waals surface area contributed by atoms with Crippen LogP contribution >= 0.6 is 0 Å². The Labute approximate surface area is 155 Å². The number of carbonyl (C=O) groups excluding carboxylic acids is 1. The van der Waals surface area contributed by atoms with Gasteiger partial charge in [0.1, 0.15) is 5.58 Å². The molecule has 2 fully saturated rings. The predicted octanol–water partition coefficient (Wildman–Crippen LogP) is 4.35. The Bertz CT molecular complexity index is 826. The van der Waals surface area contributed by atoms with Crippen LogP contribution in [0.4, 0.5) is 0 Å². The maximum absolute atomic E-state index is 12.8. The number of hydrogen-bond acceptors (Lipinski definition) is 3. The van der Waals surface area contributed by atoms with Gasteiger partial charge in [0.2, 0.25) is 0 Å². The molecule has 0 atom stereocenters. The van der Waals surface area contributed by atoms with Crippen LogP contribution in [0.2, 0.25) is 0 Å². The van der Waals surface area contributed by atoms with Crippen LogP contribution in [0.3, 0.4) is 0 Å². The van der Waals surface area contributed by atoms with E-state index in [1.54, 1.807) is 0 Å². The molecule has 2 aliphatic rings. The van der Waals surface area contributed by atoms with E-state index >= 15 is 0 Å². The molecule has 0 bridgehead atoms. The summed E-state index contributed by atoms with van der Waals surface area (Å²) in [5.41, 5.74) is 4.47. The average Bonchev–Trinajstić information content (AvgIpc) is 3.33. The molecule has 0 spiro atoms. The first-order chi connectivity index (χ1) is 12.5. The minimum Gasteiger partial charge on any atom is -0.451 e. The van der Waals surface area contributed by atoms with Crippen molar-refractivity contribution < 1.29 is 9.21 Å². The monoisotopic (exact) mass is 354 g/mol. The van der Waals surface area contributed by atoms with Gasteiger partial charge in [-0.15, -0.1) is 0 Å². The van der Waals surface area contributed by atoms with Crippen LogP contribution in [0, 0.1) is 26.2 Å². The Hall–Kier alpha value is -1.81. The maximum Gasteiger partial charge on any atom is 0.287 e. The van der Waals surface area contributed by atoms with Crippen molar-refractivity contribution in [2.24, 2.45) is 5.41 Å². The zero-order valence-corrected chi connectivity index (χ0v) is 16.3. The quantitative estimate of drug-likeness (QED) is 0.868. The van der Waals surface area contributed by atoms with Gasteiger partial charge in [-0.05, 0) is 82.8 Å². The molecule has 1 saturated heterocycles. The van der Waals surface area contributed by atoms with Gasteiger partial charge in [-0.3, -0.25) is 4.79 Å². The Balaban J connectivity index is 1.43. The number of carbonyl (C=O) groups is 1. The standard InChI is InChI=1S/C22H30N2O2/c1-15-11-18-17(3)20(26-19(18)12-16(15)2)21(25)23-13-22(7-8-22)14-24-9-5-4-6-10-24/h11-12H,4-10,13-14H2,1-3H3,(H,23,25). The van der Waals surface area contributed by atoms with Crippen molar-refractivity contribution in [1.29, 1.82) is 0 Å². The van der Waals surface area contributed by atoms with Gasteiger partial charge in [0.15, 0.2) is 5.76 Å². The molecular weight excluding hydrogens is 324 g/mol. The summed E-state index contributed by atoms with van der Waals surface area (Å²) in [6, 6.07) is 4.16. The summed E-state index contributed by atoms with van der Waals surface area (Å²) >= 11 is 0. The molecular formula is C22H30N2O2. The molecule has 1 aromatic heterocycles. The SMILES string of the molecule is Cc1cc2oc(C(=O)NCC3(CN4CCCCC4)CC3)c(C)c2cc1C. The van der Waals surface area contributed by atoms with E-state index in [4.69, 9.17) is 4.42 Å². The zero-order chi connectivity index (χ0) is 18.3. The second-order valence-corrected chi connectivity index (χ2v) is 8.51. The molecule has 140 valence electrons. The highest BCUT2D eigenvalue weighted by atomic mass is 16.3. The van der Waals surface area contributed by atoms with Gasteiger partial charge in [-0.2, -0.15) is 0 Å². The fraction of sp³-hybridized carbons (Fsp3) is 0.591. The number of nitrogens with zero attached hydrogens (tertiary/aromatic N) is 1. The highest BCUT2D eigenvalue weighted by Crippen LogP contribution is 2.46. The van der Waals surface area contributed by atoms with E-state index in [0.29, 0.717) is 11.2 Å². The van der Waals surface area contributed by atoms with E-state index in [2.05, 4.69) is 30.1 Å². The molecule has 0 radical (unpaired) electrons. The van der Waals surface area contributed by atoms with Gasteiger partial charge in [-0.1, -0.05) is 6.42 Å². The van der Waals surface area contributed by atoms with E-state index in [0.717, 1.165) is 29.6 Å². The van der Waals surface area contributed by atoms with E-state index in [1.165, 1.54) is 56.3 Å². The number of likely N-dealkylation sites (tertiary alicyclic amines) is 1. The first kappa shape index (κ1) is 17.6. The van der Waals surface area contributed by atoms with Crippen molar-refractivity contribution in [3.8, 4) is 0 Å². The molecule has 4 rings (SSSR count). The Morgan fingerprint density at radius 2 is 1.81 bits per heavy atom. The van der Waals surface area contributed by atoms with Crippen LogP contribution in [0.15, 0.2) is 16.5 Å². The number of aryl methyl sites for hydroxylation is 3. The summed E-state index contributed by atoms with van der Waals surface area (Å²) < 4.78 is 5.91. The number of amides is 1. The van der Waals surface area contributed by atoms with Gasteiger partial charge in [0.05, 0.1) is 0 Å². The minimum atomic E-state index is -0.0704. The lowest BCUT2D eigenvalue weighted by atomic mass is 10.0. The van der Waals surface area contributed by atoms with Gasteiger partial charge < -0.3 is 14.6 Å². The highest BCUT2D eigenvalue weighted by molar-refractivity contribution is 5.99. The summed E-state index contributed by atoms with van der Waals surface area (Å²) in [6.07, 6.45) is 6.45. The van der Waals surface area contributed by atoms with Gasteiger partial charge in [-0.25, -0.2) is 0 Å². The Morgan fingerprint density at radius 1 is 1.12 bits per heavy atom. The molecule has 4 nitrogen and oxygen atoms in total. The van der Waals surface area contributed by atoms with E-state index < -0.39 is 0 Å². The molecule has 26 heavy (non-hydrogen) atoms. The van der Waals surface area contributed by atoms with E-state index in [9.17, 15) is 4.79 Å². The molecule has 1 aromatic carbocycles. The van der Waals surface area contributed by atoms with E-state index in [-0.39, 0.29) is 5.91 Å². The van der Waals surface area contributed by atoms with Crippen molar-refractivity contribution in [2.75, 3.05) is 26.2 Å². The lowest BCUT2D eigenvalue weighted by molar-refractivity contribution is 0.0909. The Kier molecular flexibility index (Phi) is 4.55. The topological polar surface area (TPSA) is 45.5 Å². The van der Waals surface area contributed by atoms with Crippen molar-refractivity contribution in [1.82, 2.24) is 10.2 Å². The first-order valence-electron chi connectivity index (χ1n) is 9.98. The number of fused-ring (bicyclic) bond motifs is 1.